The number of aliphatic hydroxyl groups excluding tert-OH is 1. The lowest BCUT2D eigenvalue weighted by molar-refractivity contribution is -0.135. The van der Waals surface area contributed by atoms with Crippen LogP contribution in [-0.2, 0) is 9.53 Å². The second kappa shape index (κ2) is 9.48. The third-order valence-corrected chi connectivity index (χ3v) is 3.02. The summed E-state index contributed by atoms with van der Waals surface area (Å²) in [5.74, 6) is 5.16. The van der Waals surface area contributed by atoms with E-state index in [9.17, 15) is 9.90 Å². The fourth-order valence-corrected chi connectivity index (χ4v) is 1.79. The van der Waals surface area contributed by atoms with Crippen molar-refractivity contribution in [3.63, 3.8) is 0 Å². The van der Waals surface area contributed by atoms with Crippen LogP contribution in [0, 0.1) is 11.8 Å². The summed E-state index contributed by atoms with van der Waals surface area (Å²) >= 11 is 0. The van der Waals surface area contributed by atoms with E-state index in [1.54, 1.807) is 18.2 Å². The summed E-state index contributed by atoms with van der Waals surface area (Å²) in [6, 6.07) is 3.13. The molecule has 130 valence electrons. The van der Waals surface area contributed by atoms with E-state index < -0.39 is 12.1 Å². The van der Waals surface area contributed by atoms with E-state index in [4.69, 9.17) is 18.9 Å². The lowest BCUT2D eigenvalue weighted by atomic mass is 10.1. The summed E-state index contributed by atoms with van der Waals surface area (Å²) in [6.07, 6.45) is 0.560. The fraction of sp³-hybridized carbons (Fsp3) is 0.389. The maximum absolute atomic E-state index is 11.5. The lowest BCUT2D eigenvalue weighted by Gasteiger charge is -2.14. The molecule has 1 aromatic carbocycles. The Hall–Kier alpha value is -2.65. The molecule has 1 rings (SSSR count). The van der Waals surface area contributed by atoms with Gasteiger partial charge in [-0.15, -0.1) is 0 Å². The standard InChI is InChI=1S/C18H22O6/c1-12(2)8-9-24-17(20)7-6-14(19)13-10-15(21-3)18(23-5)16(11-13)22-4/h8,10-11,14,19H,9H2,1-5H3. The predicted molar refractivity (Wildman–Crippen MR) is 89.2 cm³/mol. The van der Waals surface area contributed by atoms with Crippen molar-refractivity contribution in [1.82, 2.24) is 0 Å². The number of hydrogen-bond donors (Lipinski definition) is 1. The Morgan fingerprint density at radius 2 is 1.75 bits per heavy atom. The Balaban J connectivity index is 2.92. The molecule has 0 aliphatic heterocycles. The number of methoxy groups -OCH3 is 3. The van der Waals surface area contributed by atoms with Gasteiger partial charge in [0.15, 0.2) is 11.5 Å². The number of benzene rings is 1. The highest BCUT2D eigenvalue weighted by molar-refractivity contribution is 5.88. The zero-order chi connectivity index (χ0) is 18.1. The highest BCUT2D eigenvalue weighted by atomic mass is 16.5. The molecule has 0 spiro atoms. The van der Waals surface area contributed by atoms with Gasteiger partial charge in [-0.2, -0.15) is 0 Å². The fourth-order valence-electron chi connectivity index (χ4n) is 1.79. The molecule has 1 unspecified atom stereocenters. The second-order valence-electron chi connectivity index (χ2n) is 5.01. The normalized spacial score (nSPS) is 10.8. The van der Waals surface area contributed by atoms with Crippen molar-refractivity contribution in [2.75, 3.05) is 27.9 Å². The molecule has 24 heavy (non-hydrogen) atoms. The van der Waals surface area contributed by atoms with Crippen molar-refractivity contribution in [3.8, 4) is 29.1 Å². The lowest BCUT2D eigenvalue weighted by Crippen LogP contribution is -2.03. The van der Waals surface area contributed by atoms with Crippen LogP contribution in [0.1, 0.15) is 25.5 Å². The zero-order valence-corrected chi connectivity index (χ0v) is 14.5. The van der Waals surface area contributed by atoms with Gasteiger partial charge in [-0.1, -0.05) is 11.5 Å². The molecule has 1 aromatic rings. The monoisotopic (exact) mass is 334 g/mol. The van der Waals surface area contributed by atoms with E-state index in [0.29, 0.717) is 22.8 Å². The number of ether oxygens (including phenoxy) is 4. The van der Waals surface area contributed by atoms with Crippen LogP contribution >= 0.6 is 0 Å². The Bertz CT molecular complexity index is 637. The van der Waals surface area contributed by atoms with Gasteiger partial charge in [0.1, 0.15) is 12.7 Å². The quantitative estimate of drug-likeness (QED) is 0.372. The van der Waals surface area contributed by atoms with Gasteiger partial charge in [-0.3, -0.25) is 0 Å². The van der Waals surface area contributed by atoms with Gasteiger partial charge in [0, 0.05) is 11.5 Å². The summed E-state index contributed by atoms with van der Waals surface area (Å²) in [6.45, 7) is 3.94. The van der Waals surface area contributed by atoms with Gasteiger partial charge in [0.05, 0.1) is 21.3 Å². The molecule has 0 saturated heterocycles. The van der Waals surface area contributed by atoms with Gasteiger partial charge >= 0.3 is 5.97 Å². The molecule has 0 aliphatic rings. The molecule has 0 saturated carbocycles. The first-order valence-electron chi connectivity index (χ1n) is 7.22. The Morgan fingerprint density at radius 3 is 2.21 bits per heavy atom. The van der Waals surface area contributed by atoms with Crippen LogP contribution < -0.4 is 14.2 Å². The number of aliphatic hydroxyl groups is 1. The maximum atomic E-state index is 11.5. The Labute approximate surface area is 142 Å². The minimum absolute atomic E-state index is 0.149. The number of esters is 1. The van der Waals surface area contributed by atoms with Crippen LogP contribution in [0.25, 0.3) is 0 Å². The molecular formula is C18H22O6. The van der Waals surface area contributed by atoms with Crippen molar-refractivity contribution in [2.45, 2.75) is 20.0 Å². The number of allylic oxidation sites excluding steroid dienone is 1. The van der Waals surface area contributed by atoms with Crippen molar-refractivity contribution in [3.05, 3.63) is 29.3 Å². The summed E-state index contributed by atoms with van der Waals surface area (Å²) < 4.78 is 20.5. The van der Waals surface area contributed by atoms with Gasteiger partial charge in [-0.05, 0) is 32.1 Å². The maximum Gasteiger partial charge on any atom is 0.384 e. The first-order chi connectivity index (χ1) is 11.4. The molecule has 0 heterocycles. The summed E-state index contributed by atoms with van der Waals surface area (Å²) in [7, 11) is 4.43. The van der Waals surface area contributed by atoms with Crippen molar-refractivity contribution >= 4 is 5.97 Å². The number of rotatable bonds is 6. The molecule has 0 bridgehead atoms. The second-order valence-corrected chi connectivity index (χ2v) is 5.01. The molecule has 6 nitrogen and oxygen atoms in total. The molecule has 0 amide bonds. The smallest absolute Gasteiger partial charge is 0.384 e. The molecule has 6 heteroatoms. The molecule has 0 fully saturated rings. The molecule has 0 aromatic heterocycles. The summed E-state index contributed by atoms with van der Waals surface area (Å²) in [5.41, 5.74) is 1.45. The van der Waals surface area contributed by atoms with Crippen molar-refractivity contribution in [1.29, 1.82) is 0 Å². The molecular weight excluding hydrogens is 312 g/mol. The van der Waals surface area contributed by atoms with Gasteiger partial charge in [-0.25, -0.2) is 4.79 Å². The summed E-state index contributed by atoms with van der Waals surface area (Å²) in [5, 5.41) is 10.1. The van der Waals surface area contributed by atoms with E-state index in [1.165, 1.54) is 21.3 Å². The zero-order valence-electron chi connectivity index (χ0n) is 14.5. The van der Waals surface area contributed by atoms with E-state index in [2.05, 4.69) is 11.8 Å². The first-order valence-corrected chi connectivity index (χ1v) is 7.22. The number of carbonyl (C=O) groups excluding carboxylic acids is 1. The third kappa shape index (κ3) is 5.52. The van der Waals surface area contributed by atoms with E-state index in [0.717, 1.165) is 5.57 Å². The van der Waals surface area contributed by atoms with Gasteiger partial charge in [0.2, 0.25) is 5.75 Å². The summed E-state index contributed by atoms with van der Waals surface area (Å²) in [4.78, 5) is 11.5. The molecule has 0 aliphatic carbocycles. The third-order valence-electron chi connectivity index (χ3n) is 3.02. The first kappa shape index (κ1) is 19.4. The molecule has 1 atom stereocenters. The highest BCUT2D eigenvalue weighted by Crippen LogP contribution is 2.39. The predicted octanol–water partition coefficient (Wildman–Crippen LogP) is 2.26. The van der Waals surface area contributed by atoms with Crippen LogP contribution in [0.15, 0.2) is 23.8 Å². The topological polar surface area (TPSA) is 74.2 Å². The number of hydrogen-bond acceptors (Lipinski definition) is 6. The van der Waals surface area contributed by atoms with Crippen LogP contribution in [0.4, 0.5) is 0 Å². The van der Waals surface area contributed by atoms with Crippen LogP contribution in [0.5, 0.6) is 17.2 Å². The molecule has 1 N–H and O–H groups in total. The van der Waals surface area contributed by atoms with Crippen molar-refractivity contribution in [2.24, 2.45) is 0 Å². The Kier molecular flexibility index (Phi) is 7.66. The highest BCUT2D eigenvalue weighted by Gasteiger charge is 2.16. The largest absolute Gasteiger partial charge is 0.493 e. The van der Waals surface area contributed by atoms with E-state index in [-0.39, 0.29) is 6.61 Å². The minimum atomic E-state index is -1.20. The SMILES string of the molecule is COc1cc(C(O)C#CC(=O)OCC=C(C)C)cc(OC)c1OC. The van der Waals surface area contributed by atoms with E-state index in [1.807, 2.05) is 13.8 Å². The van der Waals surface area contributed by atoms with Crippen LogP contribution in [-0.4, -0.2) is 39.0 Å². The van der Waals surface area contributed by atoms with Crippen molar-refractivity contribution < 1.29 is 28.8 Å². The molecule has 0 radical (unpaired) electrons. The average Bonchev–Trinajstić information content (AvgIpc) is 2.57. The Morgan fingerprint density at radius 1 is 1.17 bits per heavy atom. The van der Waals surface area contributed by atoms with E-state index >= 15 is 0 Å². The van der Waals surface area contributed by atoms with Crippen LogP contribution in [0.3, 0.4) is 0 Å². The average molecular weight is 334 g/mol. The van der Waals surface area contributed by atoms with Crippen LogP contribution in [0.2, 0.25) is 0 Å². The minimum Gasteiger partial charge on any atom is -0.493 e. The number of carbonyl (C=O) groups is 1. The van der Waals surface area contributed by atoms with Gasteiger partial charge in [0.25, 0.3) is 0 Å². The van der Waals surface area contributed by atoms with Gasteiger partial charge < -0.3 is 24.1 Å².